The van der Waals surface area contributed by atoms with Gasteiger partial charge in [0, 0.05) is 11.9 Å². The van der Waals surface area contributed by atoms with Crippen molar-refractivity contribution in [2.24, 2.45) is 0 Å². The third-order valence-corrected chi connectivity index (χ3v) is 6.66. The van der Waals surface area contributed by atoms with Crippen LogP contribution in [0.25, 0.3) is 21.8 Å². The summed E-state index contributed by atoms with van der Waals surface area (Å²) >= 11 is 0. The van der Waals surface area contributed by atoms with Gasteiger partial charge in [-0.2, -0.15) is 5.10 Å². The highest BCUT2D eigenvalue weighted by atomic mass is 16.2. The van der Waals surface area contributed by atoms with Crippen molar-refractivity contribution in [3.8, 4) is 0 Å². The molecule has 0 bridgehead atoms. The SMILES string of the molecule is Cc1cc2nc([C@H]3CCCCN3C(=O)[C@H](C)n3ncc4ccccc4c3=O)[nH]c2cc1C. The first-order valence-corrected chi connectivity index (χ1v) is 11.2. The van der Waals surface area contributed by atoms with E-state index in [1.165, 1.54) is 15.8 Å². The minimum Gasteiger partial charge on any atom is -0.340 e. The molecule has 2 aromatic heterocycles. The van der Waals surface area contributed by atoms with Crippen LogP contribution in [-0.2, 0) is 4.79 Å². The fourth-order valence-electron chi connectivity index (χ4n) is 4.65. The number of carbonyl (C=O) groups excluding carboxylic acids is 1. The predicted octanol–water partition coefficient (Wildman–Crippen LogP) is 4.20. The number of piperidine rings is 1. The van der Waals surface area contributed by atoms with Gasteiger partial charge >= 0.3 is 0 Å². The molecular weight excluding hydrogens is 402 g/mol. The topological polar surface area (TPSA) is 83.9 Å². The van der Waals surface area contributed by atoms with E-state index in [9.17, 15) is 9.59 Å². The Morgan fingerprint density at radius 1 is 1.16 bits per heavy atom. The van der Waals surface area contributed by atoms with E-state index in [1.54, 1.807) is 19.2 Å². The average molecular weight is 430 g/mol. The molecule has 2 aromatic carbocycles. The van der Waals surface area contributed by atoms with Gasteiger partial charge in [0.2, 0.25) is 5.91 Å². The van der Waals surface area contributed by atoms with E-state index >= 15 is 0 Å². The van der Waals surface area contributed by atoms with Gasteiger partial charge in [0.15, 0.2) is 0 Å². The minimum atomic E-state index is -0.693. The second-order valence-electron chi connectivity index (χ2n) is 8.78. The number of fused-ring (bicyclic) bond motifs is 2. The van der Waals surface area contributed by atoms with Gasteiger partial charge in [-0.1, -0.05) is 18.2 Å². The van der Waals surface area contributed by atoms with Crippen LogP contribution >= 0.6 is 0 Å². The summed E-state index contributed by atoms with van der Waals surface area (Å²) in [5.41, 5.74) is 4.07. The first kappa shape index (κ1) is 20.4. The van der Waals surface area contributed by atoms with Gasteiger partial charge in [-0.3, -0.25) is 9.59 Å². The lowest BCUT2D eigenvalue weighted by molar-refractivity contribution is -0.138. The molecule has 32 heavy (non-hydrogen) atoms. The number of rotatable bonds is 3. The number of likely N-dealkylation sites (tertiary alicyclic amines) is 1. The molecular formula is C25H27N5O2. The fourth-order valence-corrected chi connectivity index (χ4v) is 4.65. The Balaban J connectivity index is 1.49. The van der Waals surface area contributed by atoms with Crippen LogP contribution in [0.5, 0.6) is 0 Å². The van der Waals surface area contributed by atoms with Crippen LogP contribution in [0.2, 0.25) is 0 Å². The second-order valence-corrected chi connectivity index (χ2v) is 8.78. The molecule has 7 heteroatoms. The maximum absolute atomic E-state index is 13.6. The van der Waals surface area contributed by atoms with Crippen molar-refractivity contribution in [3.63, 3.8) is 0 Å². The molecule has 0 saturated carbocycles. The lowest BCUT2D eigenvalue weighted by Gasteiger charge is -2.36. The molecule has 0 unspecified atom stereocenters. The van der Waals surface area contributed by atoms with E-state index in [-0.39, 0.29) is 17.5 Å². The van der Waals surface area contributed by atoms with Gasteiger partial charge in [-0.15, -0.1) is 0 Å². The third-order valence-electron chi connectivity index (χ3n) is 6.66. The average Bonchev–Trinajstić information content (AvgIpc) is 3.21. The third kappa shape index (κ3) is 3.38. The number of benzene rings is 2. The lowest BCUT2D eigenvalue weighted by atomic mass is 10.0. The fraction of sp³-hybridized carbons (Fsp3) is 0.360. The Hall–Kier alpha value is -3.48. The zero-order valence-electron chi connectivity index (χ0n) is 18.6. The standard InChI is InChI=1S/C25H27N5O2/c1-15-12-20-21(13-16(15)2)28-23(27-20)22-10-6-7-11-29(22)24(31)17(3)30-25(32)19-9-5-4-8-18(19)14-26-30/h4-5,8-9,12-14,17,22H,6-7,10-11H2,1-3H3,(H,27,28)/t17-,22+/m0/s1. The molecule has 0 spiro atoms. The number of nitrogens with zero attached hydrogens (tertiary/aromatic N) is 4. The van der Waals surface area contributed by atoms with Crippen molar-refractivity contribution in [3.05, 3.63) is 69.9 Å². The summed E-state index contributed by atoms with van der Waals surface area (Å²) < 4.78 is 1.31. The molecule has 0 radical (unpaired) electrons. The second kappa shape index (κ2) is 7.89. The summed E-state index contributed by atoms with van der Waals surface area (Å²) in [4.78, 5) is 36.7. The van der Waals surface area contributed by atoms with Crippen molar-refractivity contribution in [1.29, 1.82) is 0 Å². The number of imidazole rings is 1. The van der Waals surface area contributed by atoms with E-state index in [4.69, 9.17) is 4.98 Å². The number of H-pyrrole nitrogens is 1. The van der Waals surface area contributed by atoms with Crippen LogP contribution in [0.3, 0.4) is 0 Å². The smallest absolute Gasteiger partial charge is 0.275 e. The number of carbonyl (C=O) groups is 1. The van der Waals surface area contributed by atoms with Crippen LogP contribution in [0.15, 0.2) is 47.4 Å². The van der Waals surface area contributed by atoms with Crippen LogP contribution in [-0.4, -0.2) is 37.1 Å². The van der Waals surface area contributed by atoms with E-state index in [1.807, 2.05) is 23.1 Å². The zero-order chi connectivity index (χ0) is 22.4. The molecule has 4 aromatic rings. The Morgan fingerprint density at radius 3 is 2.78 bits per heavy atom. The Kier molecular flexibility index (Phi) is 5.04. The van der Waals surface area contributed by atoms with Gasteiger partial charge < -0.3 is 9.88 Å². The van der Waals surface area contributed by atoms with Gasteiger partial charge in [0.1, 0.15) is 11.9 Å². The first-order chi connectivity index (χ1) is 15.4. The maximum atomic E-state index is 13.6. The first-order valence-electron chi connectivity index (χ1n) is 11.2. The Labute approximate surface area is 186 Å². The predicted molar refractivity (Wildman–Crippen MR) is 125 cm³/mol. The molecule has 0 aliphatic carbocycles. The van der Waals surface area contributed by atoms with Gasteiger partial charge in [-0.25, -0.2) is 9.67 Å². The van der Waals surface area contributed by atoms with E-state index in [0.29, 0.717) is 11.9 Å². The Morgan fingerprint density at radius 2 is 1.94 bits per heavy atom. The summed E-state index contributed by atoms with van der Waals surface area (Å²) in [5, 5.41) is 5.65. The van der Waals surface area contributed by atoms with Crippen LogP contribution in [0.4, 0.5) is 0 Å². The normalized spacial score (nSPS) is 17.7. The van der Waals surface area contributed by atoms with Crippen molar-refractivity contribution >= 4 is 27.7 Å². The minimum absolute atomic E-state index is 0.104. The number of aromatic amines is 1. The highest BCUT2D eigenvalue weighted by molar-refractivity contribution is 5.83. The summed E-state index contributed by atoms with van der Waals surface area (Å²) in [6.07, 6.45) is 4.47. The number of aryl methyl sites for hydroxylation is 2. The number of aromatic nitrogens is 4. The van der Waals surface area contributed by atoms with E-state index < -0.39 is 6.04 Å². The quantitative estimate of drug-likeness (QED) is 0.529. The number of nitrogens with one attached hydrogen (secondary N) is 1. The Bertz CT molecular complexity index is 1350. The summed E-state index contributed by atoms with van der Waals surface area (Å²) in [5.74, 6) is 0.705. The molecule has 1 fully saturated rings. The summed E-state index contributed by atoms with van der Waals surface area (Å²) in [6, 6.07) is 10.7. The summed E-state index contributed by atoms with van der Waals surface area (Å²) in [7, 11) is 0. The molecule has 1 N–H and O–H groups in total. The van der Waals surface area contributed by atoms with Crippen molar-refractivity contribution in [1.82, 2.24) is 24.6 Å². The van der Waals surface area contributed by atoms with Crippen LogP contribution in [0.1, 0.15) is 55.2 Å². The lowest BCUT2D eigenvalue weighted by Crippen LogP contribution is -2.44. The highest BCUT2D eigenvalue weighted by Crippen LogP contribution is 2.32. The van der Waals surface area contributed by atoms with Crippen LogP contribution in [0, 0.1) is 13.8 Å². The van der Waals surface area contributed by atoms with Crippen molar-refractivity contribution < 1.29 is 4.79 Å². The van der Waals surface area contributed by atoms with E-state index in [2.05, 4.69) is 36.1 Å². The van der Waals surface area contributed by atoms with Gasteiger partial charge in [-0.05, 0) is 69.4 Å². The van der Waals surface area contributed by atoms with Crippen molar-refractivity contribution in [2.75, 3.05) is 6.54 Å². The number of hydrogen-bond acceptors (Lipinski definition) is 4. The molecule has 3 heterocycles. The molecule has 7 nitrogen and oxygen atoms in total. The van der Waals surface area contributed by atoms with E-state index in [0.717, 1.165) is 41.5 Å². The van der Waals surface area contributed by atoms with Crippen molar-refractivity contribution in [2.45, 2.75) is 52.1 Å². The number of hydrogen-bond donors (Lipinski definition) is 1. The molecule has 1 aliphatic rings. The zero-order valence-corrected chi connectivity index (χ0v) is 18.6. The highest BCUT2D eigenvalue weighted by Gasteiger charge is 2.34. The molecule has 164 valence electrons. The summed E-state index contributed by atoms with van der Waals surface area (Å²) in [6.45, 7) is 6.56. The number of amides is 1. The molecule has 5 rings (SSSR count). The molecule has 1 aliphatic heterocycles. The maximum Gasteiger partial charge on any atom is 0.275 e. The van der Waals surface area contributed by atoms with Crippen LogP contribution < -0.4 is 5.56 Å². The molecule has 2 atom stereocenters. The molecule has 1 amide bonds. The van der Waals surface area contributed by atoms with Gasteiger partial charge in [0.05, 0.1) is 28.7 Å². The largest absolute Gasteiger partial charge is 0.340 e. The van der Waals surface area contributed by atoms with Gasteiger partial charge in [0.25, 0.3) is 5.56 Å². The monoisotopic (exact) mass is 429 g/mol. The molecule has 1 saturated heterocycles.